The number of amides is 1. The van der Waals surface area contributed by atoms with E-state index in [-0.39, 0.29) is 11.7 Å². The molecule has 134 valence electrons. The zero-order valence-electron chi connectivity index (χ0n) is 14.6. The molecule has 0 N–H and O–H groups in total. The Balaban J connectivity index is 1.59. The zero-order chi connectivity index (χ0) is 18.1. The largest absolute Gasteiger partial charge is 0.355 e. The summed E-state index contributed by atoms with van der Waals surface area (Å²) in [4.78, 5) is 24.9. The molecule has 4 rings (SSSR count). The third-order valence-electron chi connectivity index (χ3n) is 4.72. The summed E-state index contributed by atoms with van der Waals surface area (Å²) in [7, 11) is 0. The van der Waals surface area contributed by atoms with Crippen molar-refractivity contribution in [2.75, 3.05) is 31.1 Å². The molecule has 1 aromatic carbocycles. The van der Waals surface area contributed by atoms with Gasteiger partial charge in [0.05, 0.1) is 5.69 Å². The Morgan fingerprint density at radius 1 is 1.04 bits per heavy atom. The van der Waals surface area contributed by atoms with Crippen molar-refractivity contribution >= 4 is 17.5 Å². The molecule has 0 saturated carbocycles. The van der Waals surface area contributed by atoms with Crippen LogP contribution in [0.3, 0.4) is 0 Å². The van der Waals surface area contributed by atoms with E-state index in [0.717, 1.165) is 43.1 Å². The molecule has 7 heteroatoms. The first-order chi connectivity index (χ1) is 12.6. The van der Waals surface area contributed by atoms with Crippen molar-refractivity contribution in [3.63, 3.8) is 0 Å². The predicted molar refractivity (Wildman–Crippen MR) is 97.5 cm³/mol. The molecule has 6 nitrogen and oxygen atoms in total. The molecule has 1 saturated heterocycles. The van der Waals surface area contributed by atoms with E-state index in [1.54, 1.807) is 19.1 Å². The molecule has 0 aliphatic carbocycles. The highest BCUT2D eigenvalue weighted by Crippen LogP contribution is 2.21. The highest BCUT2D eigenvalue weighted by molar-refractivity contribution is 5.73. The van der Waals surface area contributed by atoms with Crippen LogP contribution in [0, 0.1) is 5.82 Å². The number of benzene rings is 1. The number of halogens is 1. The Labute approximate surface area is 150 Å². The van der Waals surface area contributed by atoms with Gasteiger partial charge in [-0.15, -0.1) is 0 Å². The van der Waals surface area contributed by atoms with E-state index >= 15 is 0 Å². The number of nitrogens with zero attached hydrogens (tertiary/aromatic N) is 5. The number of imidazole rings is 1. The average molecular weight is 353 g/mol. The first kappa shape index (κ1) is 16.5. The standard InChI is InChI=1S/C19H20FN5O/c1-14(26)23-8-2-9-24(12-11-23)18-7-10-25-13-17(21-19(25)22-18)15-3-5-16(20)6-4-15/h3-7,10,13H,2,8-9,11-12H2,1H3. The lowest BCUT2D eigenvalue weighted by Gasteiger charge is -2.22. The minimum Gasteiger partial charge on any atom is -0.355 e. The Hall–Kier alpha value is -2.96. The minimum atomic E-state index is -0.265. The molecule has 0 bridgehead atoms. The van der Waals surface area contributed by atoms with Crippen LogP contribution in [0.5, 0.6) is 0 Å². The van der Waals surface area contributed by atoms with Crippen molar-refractivity contribution in [2.24, 2.45) is 0 Å². The summed E-state index contributed by atoms with van der Waals surface area (Å²) in [6.45, 7) is 4.72. The van der Waals surface area contributed by atoms with Crippen LogP contribution in [0.15, 0.2) is 42.7 Å². The lowest BCUT2D eigenvalue weighted by Crippen LogP contribution is -2.33. The number of fused-ring (bicyclic) bond motifs is 1. The Morgan fingerprint density at radius 2 is 1.85 bits per heavy atom. The molecular formula is C19H20FN5O. The van der Waals surface area contributed by atoms with Gasteiger partial charge in [0.25, 0.3) is 0 Å². The maximum absolute atomic E-state index is 13.1. The average Bonchev–Trinajstić information content (AvgIpc) is 2.89. The highest BCUT2D eigenvalue weighted by Gasteiger charge is 2.18. The maximum atomic E-state index is 13.1. The van der Waals surface area contributed by atoms with Gasteiger partial charge in [-0.2, -0.15) is 4.98 Å². The molecule has 3 heterocycles. The van der Waals surface area contributed by atoms with E-state index in [1.807, 2.05) is 27.8 Å². The van der Waals surface area contributed by atoms with Crippen LogP contribution in [0.4, 0.5) is 10.2 Å². The summed E-state index contributed by atoms with van der Waals surface area (Å²) in [5, 5.41) is 0. The number of hydrogen-bond acceptors (Lipinski definition) is 4. The van der Waals surface area contributed by atoms with Crippen LogP contribution in [0.25, 0.3) is 17.0 Å². The molecule has 2 aromatic heterocycles. The van der Waals surface area contributed by atoms with Crippen molar-refractivity contribution in [1.82, 2.24) is 19.3 Å². The van der Waals surface area contributed by atoms with Gasteiger partial charge >= 0.3 is 0 Å². The van der Waals surface area contributed by atoms with Crippen molar-refractivity contribution in [3.8, 4) is 11.3 Å². The Morgan fingerprint density at radius 3 is 2.62 bits per heavy atom. The summed E-state index contributed by atoms with van der Waals surface area (Å²) >= 11 is 0. The van der Waals surface area contributed by atoms with Gasteiger partial charge in [0, 0.05) is 51.1 Å². The van der Waals surface area contributed by atoms with Crippen molar-refractivity contribution in [3.05, 3.63) is 48.5 Å². The second-order valence-corrected chi connectivity index (χ2v) is 6.47. The third-order valence-corrected chi connectivity index (χ3v) is 4.72. The molecule has 0 atom stereocenters. The van der Waals surface area contributed by atoms with Gasteiger partial charge in [0.15, 0.2) is 0 Å². The topological polar surface area (TPSA) is 53.7 Å². The number of carbonyl (C=O) groups excluding carboxylic acids is 1. The maximum Gasteiger partial charge on any atom is 0.236 e. The van der Waals surface area contributed by atoms with Crippen molar-refractivity contribution < 1.29 is 9.18 Å². The molecule has 26 heavy (non-hydrogen) atoms. The molecule has 1 fully saturated rings. The van der Waals surface area contributed by atoms with Gasteiger partial charge in [-0.1, -0.05) is 0 Å². The van der Waals surface area contributed by atoms with Gasteiger partial charge < -0.3 is 9.80 Å². The highest BCUT2D eigenvalue weighted by atomic mass is 19.1. The fraction of sp³-hybridized carbons (Fsp3) is 0.316. The summed E-state index contributed by atoms with van der Waals surface area (Å²) < 4.78 is 15.0. The third kappa shape index (κ3) is 3.24. The van der Waals surface area contributed by atoms with Crippen LogP contribution < -0.4 is 4.90 Å². The summed E-state index contributed by atoms with van der Waals surface area (Å²) in [6, 6.07) is 8.24. The van der Waals surface area contributed by atoms with Crippen LogP contribution in [-0.4, -0.2) is 51.4 Å². The van der Waals surface area contributed by atoms with Crippen molar-refractivity contribution in [1.29, 1.82) is 0 Å². The molecule has 3 aromatic rings. The number of hydrogen-bond donors (Lipinski definition) is 0. The fourth-order valence-corrected chi connectivity index (χ4v) is 3.26. The zero-order valence-corrected chi connectivity index (χ0v) is 14.6. The van der Waals surface area contributed by atoms with Crippen LogP contribution in [0.2, 0.25) is 0 Å². The molecular weight excluding hydrogens is 333 g/mol. The molecule has 1 aliphatic heterocycles. The van der Waals surface area contributed by atoms with Gasteiger partial charge in [0.1, 0.15) is 11.6 Å². The first-order valence-electron chi connectivity index (χ1n) is 8.72. The van der Waals surface area contributed by atoms with Gasteiger partial charge in [-0.05, 0) is 36.8 Å². The first-order valence-corrected chi connectivity index (χ1v) is 8.72. The molecule has 0 radical (unpaired) electrons. The smallest absolute Gasteiger partial charge is 0.236 e. The Kier molecular flexibility index (Phi) is 4.28. The molecule has 0 unspecified atom stereocenters. The van der Waals surface area contributed by atoms with E-state index in [0.29, 0.717) is 12.3 Å². The minimum absolute atomic E-state index is 0.118. The summed E-state index contributed by atoms with van der Waals surface area (Å²) in [6.07, 6.45) is 4.74. The van der Waals surface area contributed by atoms with E-state index in [9.17, 15) is 9.18 Å². The summed E-state index contributed by atoms with van der Waals surface area (Å²) in [5.41, 5.74) is 1.61. The van der Waals surface area contributed by atoms with Crippen molar-refractivity contribution in [2.45, 2.75) is 13.3 Å². The van der Waals surface area contributed by atoms with Gasteiger partial charge in [-0.3, -0.25) is 9.20 Å². The fourth-order valence-electron chi connectivity index (χ4n) is 3.26. The van der Waals surface area contributed by atoms with Crippen LogP contribution in [-0.2, 0) is 4.79 Å². The van der Waals surface area contributed by atoms with E-state index in [1.165, 1.54) is 12.1 Å². The van der Waals surface area contributed by atoms with E-state index in [2.05, 4.69) is 14.9 Å². The number of rotatable bonds is 2. The lowest BCUT2D eigenvalue weighted by atomic mass is 10.2. The number of carbonyl (C=O) groups is 1. The quantitative estimate of drug-likeness (QED) is 0.711. The lowest BCUT2D eigenvalue weighted by molar-refractivity contribution is -0.128. The predicted octanol–water partition coefficient (Wildman–Crippen LogP) is 2.59. The normalized spacial score (nSPS) is 15.3. The SMILES string of the molecule is CC(=O)N1CCCN(c2ccn3cc(-c4ccc(F)cc4)nc3n2)CC1. The van der Waals surface area contributed by atoms with E-state index < -0.39 is 0 Å². The summed E-state index contributed by atoms with van der Waals surface area (Å²) in [5.74, 6) is 1.32. The second-order valence-electron chi connectivity index (χ2n) is 6.47. The molecule has 0 spiro atoms. The molecule has 1 amide bonds. The number of aromatic nitrogens is 3. The number of anilines is 1. The Bertz CT molecular complexity index is 937. The van der Waals surface area contributed by atoms with Gasteiger partial charge in [-0.25, -0.2) is 9.37 Å². The van der Waals surface area contributed by atoms with Crippen LogP contribution >= 0.6 is 0 Å². The van der Waals surface area contributed by atoms with Crippen LogP contribution in [0.1, 0.15) is 13.3 Å². The van der Waals surface area contributed by atoms with E-state index in [4.69, 9.17) is 0 Å². The van der Waals surface area contributed by atoms with Gasteiger partial charge in [0.2, 0.25) is 11.7 Å². The second kappa shape index (κ2) is 6.74. The monoisotopic (exact) mass is 353 g/mol. The molecule has 1 aliphatic rings.